The molecule has 1 aliphatic rings. The number of halogens is 1. The van der Waals surface area contributed by atoms with Crippen molar-refractivity contribution in [1.82, 2.24) is 4.90 Å². The Hall–Kier alpha value is -1.77. The lowest BCUT2D eigenvalue weighted by Crippen LogP contribution is -2.32. The number of ether oxygens (including phenoxy) is 2. The minimum Gasteiger partial charge on any atom is -0.489 e. The molecule has 9 heteroatoms. The van der Waals surface area contributed by atoms with Crippen LogP contribution >= 0.6 is 22.9 Å². The van der Waals surface area contributed by atoms with Gasteiger partial charge < -0.3 is 14.4 Å². The Balaban J connectivity index is 1.68. The van der Waals surface area contributed by atoms with Gasteiger partial charge in [0.1, 0.15) is 5.75 Å². The normalized spacial score (nSPS) is 13.9. The van der Waals surface area contributed by atoms with Gasteiger partial charge in [-0.05, 0) is 40.1 Å². The molecule has 0 spiro atoms. The number of amides is 1. The van der Waals surface area contributed by atoms with E-state index >= 15 is 0 Å². The predicted molar refractivity (Wildman–Crippen MR) is 105 cm³/mol. The summed E-state index contributed by atoms with van der Waals surface area (Å²) in [5.74, 6) is -0.421. The Morgan fingerprint density at radius 3 is 2.78 bits per heavy atom. The van der Waals surface area contributed by atoms with E-state index in [9.17, 15) is 13.2 Å². The van der Waals surface area contributed by atoms with Gasteiger partial charge in [0, 0.05) is 20.0 Å². The molecule has 1 aromatic heterocycles. The summed E-state index contributed by atoms with van der Waals surface area (Å²) in [6, 6.07) is 5.07. The Bertz CT molecular complexity index is 912. The van der Waals surface area contributed by atoms with Gasteiger partial charge in [-0.2, -0.15) is 11.3 Å². The molecule has 0 aliphatic carbocycles. The number of carbonyl (C=O) groups excluding carboxylic acids is 1. The molecule has 0 saturated carbocycles. The third-order valence-electron chi connectivity index (χ3n) is 4.02. The Morgan fingerprint density at radius 2 is 2.04 bits per heavy atom. The van der Waals surface area contributed by atoms with E-state index in [4.69, 9.17) is 21.1 Å². The van der Waals surface area contributed by atoms with E-state index in [2.05, 4.69) is 0 Å². The maximum atomic E-state index is 12.5. The largest absolute Gasteiger partial charge is 0.489 e. The number of rotatable bonds is 6. The summed E-state index contributed by atoms with van der Waals surface area (Å²) in [6.45, 7) is 1.36. The Labute approximate surface area is 167 Å². The third-order valence-corrected chi connectivity index (χ3v) is 6.49. The number of carbonyl (C=O) groups is 1. The third kappa shape index (κ3) is 5.37. The van der Waals surface area contributed by atoms with Crippen molar-refractivity contribution in [3.8, 4) is 11.5 Å². The summed E-state index contributed by atoms with van der Waals surface area (Å²) in [5, 5.41) is 4.15. The lowest BCUT2D eigenvalue weighted by molar-refractivity contribution is -0.127. The van der Waals surface area contributed by atoms with Crippen LogP contribution in [0.4, 0.5) is 0 Å². The average molecular weight is 430 g/mol. The highest BCUT2D eigenvalue weighted by Crippen LogP contribution is 2.38. The van der Waals surface area contributed by atoms with E-state index in [-0.39, 0.29) is 5.75 Å². The molecule has 1 amide bonds. The zero-order chi connectivity index (χ0) is 19.4. The number of hydrogen-bond acceptors (Lipinski definition) is 6. The summed E-state index contributed by atoms with van der Waals surface area (Å²) in [7, 11) is -2.06. The van der Waals surface area contributed by atoms with Gasteiger partial charge >= 0.3 is 0 Å². The summed E-state index contributed by atoms with van der Waals surface area (Å²) in [4.78, 5) is 13.7. The number of nitrogens with zero attached hydrogens (tertiary/aromatic N) is 1. The number of hydrogen-bond donors (Lipinski definition) is 0. The van der Waals surface area contributed by atoms with Crippen molar-refractivity contribution in [2.45, 2.75) is 18.7 Å². The average Bonchev–Trinajstić information content (AvgIpc) is 2.97. The van der Waals surface area contributed by atoms with E-state index in [1.165, 1.54) is 16.2 Å². The van der Waals surface area contributed by atoms with E-state index in [0.717, 1.165) is 12.0 Å². The molecule has 2 aromatic rings. The first-order valence-electron chi connectivity index (χ1n) is 8.37. The van der Waals surface area contributed by atoms with E-state index in [1.807, 2.05) is 16.8 Å². The van der Waals surface area contributed by atoms with Gasteiger partial charge in [0.25, 0.3) is 0 Å². The van der Waals surface area contributed by atoms with Crippen molar-refractivity contribution >= 4 is 38.7 Å². The van der Waals surface area contributed by atoms with Crippen LogP contribution in [0.3, 0.4) is 0 Å². The summed E-state index contributed by atoms with van der Waals surface area (Å²) < 4.78 is 36.1. The molecule has 0 N–H and O–H groups in total. The molecule has 2 heterocycles. The van der Waals surface area contributed by atoms with Crippen LogP contribution in [0, 0.1) is 0 Å². The van der Waals surface area contributed by atoms with Gasteiger partial charge in [-0.3, -0.25) is 4.79 Å². The van der Waals surface area contributed by atoms with Crippen LogP contribution in [0.15, 0.2) is 29.0 Å². The van der Waals surface area contributed by atoms with Crippen molar-refractivity contribution in [3.63, 3.8) is 0 Å². The van der Waals surface area contributed by atoms with Crippen molar-refractivity contribution in [2.24, 2.45) is 0 Å². The molecule has 0 atom stereocenters. The van der Waals surface area contributed by atoms with Gasteiger partial charge in [-0.25, -0.2) is 8.42 Å². The highest BCUT2D eigenvalue weighted by molar-refractivity contribution is 7.91. The van der Waals surface area contributed by atoms with Crippen molar-refractivity contribution in [1.29, 1.82) is 0 Å². The van der Waals surface area contributed by atoms with Gasteiger partial charge in [-0.15, -0.1) is 0 Å². The van der Waals surface area contributed by atoms with Crippen LogP contribution in [-0.4, -0.2) is 45.2 Å². The number of thiophene rings is 1. The molecule has 0 radical (unpaired) electrons. The molecule has 1 aliphatic heterocycles. The van der Waals surface area contributed by atoms with E-state index in [1.54, 1.807) is 19.2 Å². The van der Waals surface area contributed by atoms with Gasteiger partial charge in [0.05, 0.1) is 24.0 Å². The summed E-state index contributed by atoms with van der Waals surface area (Å²) >= 11 is 7.74. The second-order valence-corrected chi connectivity index (χ2v) is 9.62. The number of fused-ring (bicyclic) bond motifs is 1. The fourth-order valence-electron chi connectivity index (χ4n) is 2.72. The molecule has 0 unspecified atom stereocenters. The molecule has 1 aromatic carbocycles. The minimum atomic E-state index is -3.65. The first-order chi connectivity index (χ1) is 12.8. The summed E-state index contributed by atoms with van der Waals surface area (Å²) in [6.07, 6.45) is 0.726. The maximum absolute atomic E-state index is 12.5. The minimum absolute atomic E-state index is 0.290. The van der Waals surface area contributed by atoms with Gasteiger partial charge in [-0.1, -0.05) is 11.6 Å². The SMILES string of the molecule is CN(Cc1ccsc1)C(=O)CS(=O)(=O)Cc1cc(Cl)c2c(c1)OCCCO2. The zero-order valence-corrected chi connectivity index (χ0v) is 17.2. The predicted octanol–water partition coefficient (Wildman–Crippen LogP) is 3.14. The van der Waals surface area contributed by atoms with Crippen LogP contribution in [0.2, 0.25) is 5.02 Å². The van der Waals surface area contributed by atoms with E-state index in [0.29, 0.717) is 41.8 Å². The molecule has 146 valence electrons. The Kier molecular flexibility index (Phi) is 6.29. The summed E-state index contributed by atoms with van der Waals surface area (Å²) in [5.41, 5.74) is 1.44. The fourth-order valence-corrected chi connectivity index (χ4v) is 5.04. The maximum Gasteiger partial charge on any atom is 0.237 e. The monoisotopic (exact) mass is 429 g/mol. The first-order valence-corrected chi connectivity index (χ1v) is 11.5. The van der Waals surface area contributed by atoms with Crippen LogP contribution in [0.25, 0.3) is 0 Å². The van der Waals surface area contributed by atoms with Crippen molar-refractivity contribution in [3.05, 3.63) is 45.1 Å². The zero-order valence-electron chi connectivity index (χ0n) is 14.8. The fraction of sp³-hybridized carbons (Fsp3) is 0.389. The molecule has 27 heavy (non-hydrogen) atoms. The molecular formula is C18H20ClNO5S2. The highest BCUT2D eigenvalue weighted by Gasteiger charge is 2.23. The topological polar surface area (TPSA) is 72.9 Å². The molecule has 0 saturated heterocycles. The van der Waals surface area contributed by atoms with Crippen LogP contribution in [0.5, 0.6) is 11.5 Å². The second-order valence-electron chi connectivity index (χ2n) is 6.37. The van der Waals surface area contributed by atoms with Crippen LogP contribution in [-0.2, 0) is 26.9 Å². The lowest BCUT2D eigenvalue weighted by Gasteiger charge is -2.17. The van der Waals surface area contributed by atoms with Gasteiger partial charge in [0.15, 0.2) is 21.3 Å². The lowest BCUT2D eigenvalue weighted by atomic mass is 10.2. The second kappa shape index (κ2) is 8.50. The Morgan fingerprint density at radius 1 is 1.26 bits per heavy atom. The molecular weight excluding hydrogens is 410 g/mol. The molecule has 0 fully saturated rings. The smallest absolute Gasteiger partial charge is 0.237 e. The first kappa shape index (κ1) is 20.0. The van der Waals surface area contributed by atoms with Gasteiger partial charge in [0.2, 0.25) is 5.91 Å². The van der Waals surface area contributed by atoms with E-state index < -0.39 is 21.5 Å². The van der Waals surface area contributed by atoms with Crippen LogP contribution in [0.1, 0.15) is 17.5 Å². The molecule has 0 bridgehead atoms. The standard InChI is InChI=1S/C18H20ClNO5S2/c1-20(9-13-3-6-26-10-13)17(21)12-27(22,23)11-14-7-15(19)18-16(8-14)24-4-2-5-25-18/h3,6-8,10H,2,4-5,9,11-12H2,1H3. The van der Waals surface area contributed by atoms with Crippen molar-refractivity contribution in [2.75, 3.05) is 26.0 Å². The number of benzene rings is 1. The van der Waals surface area contributed by atoms with Crippen molar-refractivity contribution < 1.29 is 22.7 Å². The number of sulfone groups is 1. The highest BCUT2D eigenvalue weighted by atomic mass is 35.5. The molecule has 6 nitrogen and oxygen atoms in total. The molecule has 3 rings (SSSR count). The quantitative estimate of drug-likeness (QED) is 0.705. The van der Waals surface area contributed by atoms with Crippen LogP contribution < -0.4 is 9.47 Å².